The summed E-state index contributed by atoms with van der Waals surface area (Å²) in [5.74, 6) is 0.225. The molecule has 0 saturated heterocycles. The SMILES string of the molecule is CCNC(=O)Nc1ncnc2c1N=NC2c1ccc(NC(=O)Nc2ccc(Cl)c(C(F)(F)F)c2)cc1. The summed E-state index contributed by atoms with van der Waals surface area (Å²) in [6.07, 6.45) is -3.36. The Labute approximate surface area is 207 Å². The summed E-state index contributed by atoms with van der Waals surface area (Å²) >= 11 is 5.60. The maximum Gasteiger partial charge on any atom is 0.417 e. The first-order valence-corrected chi connectivity index (χ1v) is 10.9. The topological polar surface area (TPSA) is 133 Å². The lowest BCUT2D eigenvalue weighted by molar-refractivity contribution is -0.137. The summed E-state index contributed by atoms with van der Waals surface area (Å²) in [6, 6.07) is 7.94. The molecule has 186 valence electrons. The molecule has 0 fully saturated rings. The van der Waals surface area contributed by atoms with Gasteiger partial charge in [0.15, 0.2) is 11.5 Å². The summed E-state index contributed by atoms with van der Waals surface area (Å²) in [5, 5.41) is 17.9. The Hall–Kier alpha value is -4.26. The number of nitrogens with zero attached hydrogens (tertiary/aromatic N) is 4. The number of anilines is 3. The molecule has 1 aromatic heterocycles. The third kappa shape index (κ3) is 5.51. The number of alkyl halides is 3. The van der Waals surface area contributed by atoms with E-state index in [1.807, 2.05) is 0 Å². The van der Waals surface area contributed by atoms with Crippen LogP contribution in [-0.2, 0) is 6.18 Å². The second kappa shape index (κ2) is 10.2. The average molecular weight is 519 g/mol. The Balaban J connectivity index is 1.43. The van der Waals surface area contributed by atoms with Crippen LogP contribution >= 0.6 is 11.6 Å². The second-order valence-electron chi connectivity index (χ2n) is 7.45. The molecule has 10 nitrogen and oxygen atoms in total. The number of benzene rings is 2. The lowest BCUT2D eigenvalue weighted by Crippen LogP contribution is -2.28. The number of hydrogen-bond acceptors (Lipinski definition) is 6. The number of fused-ring (bicyclic) bond motifs is 1. The van der Waals surface area contributed by atoms with E-state index in [1.165, 1.54) is 12.4 Å². The number of rotatable bonds is 5. The van der Waals surface area contributed by atoms with Crippen molar-refractivity contribution >= 4 is 46.5 Å². The maximum atomic E-state index is 13.0. The molecule has 0 radical (unpaired) electrons. The number of halogens is 4. The van der Waals surface area contributed by atoms with Crippen molar-refractivity contribution in [2.75, 3.05) is 22.5 Å². The van der Waals surface area contributed by atoms with Gasteiger partial charge >= 0.3 is 18.2 Å². The van der Waals surface area contributed by atoms with E-state index in [1.54, 1.807) is 31.2 Å². The number of aromatic nitrogens is 2. The molecule has 2 aromatic carbocycles. The van der Waals surface area contributed by atoms with Crippen LogP contribution in [0, 0.1) is 0 Å². The van der Waals surface area contributed by atoms with Crippen LogP contribution in [0.3, 0.4) is 0 Å². The van der Waals surface area contributed by atoms with Gasteiger partial charge in [0.1, 0.15) is 18.1 Å². The molecule has 2 heterocycles. The zero-order chi connectivity index (χ0) is 25.9. The second-order valence-corrected chi connectivity index (χ2v) is 7.86. The number of carbonyl (C=O) groups excluding carboxylic acids is 2. The number of azo groups is 1. The third-order valence-electron chi connectivity index (χ3n) is 4.97. The Kier molecular flexibility index (Phi) is 7.01. The summed E-state index contributed by atoms with van der Waals surface area (Å²) in [7, 11) is 0. The van der Waals surface area contributed by atoms with Crippen molar-refractivity contribution in [1.29, 1.82) is 0 Å². The van der Waals surface area contributed by atoms with Gasteiger partial charge in [-0.25, -0.2) is 19.6 Å². The zero-order valence-electron chi connectivity index (χ0n) is 18.5. The molecule has 4 N–H and O–H groups in total. The summed E-state index contributed by atoms with van der Waals surface area (Å²) in [4.78, 5) is 32.4. The van der Waals surface area contributed by atoms with Crippen LogP contribution in [0.4, 0.5) is 45.6 Å². The highest BCUT2D eigenvalue weighted by Gasteiger charge is 2.33. The summed E-state index contributed by atoms with van der Waals surface area (Å²) in [6.45, 7) is 2.22. The fourth-order valence-corrected chi connectivity index (χ4v) is 3.58. The molecule has 1 aliphatic rings. The molecular formula is C22H18ClF3N8O2. The number of hydrogen-bond donors (Lipinski definition) is 4. The highest BCUT2D eigenvalue weighted by Crippen LogP contribution is 2.42. The number of amides is 4. The minimum absolute atomic E-state index is 0.0689. The van der Waals surface area contributed by atoms with E-state index in [2.05, 4.69) is 41.5 Å². The van der Waals surface area contributed by atoms with Gasteiger partial charge in [-0.3, -0.25) is 5.32 Å². The molecule has 0 spiro atoms. The fourth-order valence-electron chi connectivity index (χ4n) is 3.35. The average Bonchev–Trinajstić information content (AvgIpc) is 3.25. The zero-order valence-corrected chi connectivity index (χ0v) is 19.3. The maximum absolute atomic E-state index is 13.0. The van der Waals surface area contributed by atoms with E-state index >= 15 is 0 Å². The third-order valence-corrected chi connectivity index (χ3v) is 5.30. The van der Waals surface area contributed by atoms with Crippen molar-refractivity contribution in [3.8, 4) is 0 Å². The first-order valence-electron chi connectivity index (χ1n) is 10.5. The monoisotopic (exact) mass is 518 g/mol. The fraction of sp³-hybridized carbons (Fsp3) is 0.182. The Morgan fingerprint density at radius 2 is 1.67 bits per heavy atom. The van der Waals surface area contributed by atoms with Gasteiger partial charge in [0.05, 0.1) is 10.6 Å². The van der Waals surface area contributed by atoms with Crippen LogP contribution in [0.2, 0.25) is 5.02 Å². The van der Waals surface area contributed by atoms with Crippen LogP contribution < -0.4 is 21.3 Å². The van der Waals surface area contributed by atoms with Gasteiger partial charge in [-0.05, 0) is 42.8 Å². The highest BCUT2D eigenvalue weighted by molar-refractivity contribution is 6.31. The van der Waals surface area contributed by atoms with Gasteiger partial charge in [0.25, 0.3) is 0 Å². The standard InChI is InChI=1S/C22H18ClF3N8O2/c1-2-27-20(35)32-19-18-17(28-10-29-19)16(33-34-18)11-3-5-12(6-4-11)30-21(36)31-13-7-8-15(23)14(9-13)22(24,25)26/h3-10,16H,2H2,1H3,(H2,30,31,36)(H2,27,28,29,32,35). The smallest absolute Gasteiger partial charge is 0.338 e. The van der Waals surface area contributed by atoms with Crippen molar-refractivity contribution in [2.24, 2.45) is 10.2 Å². The molecule has 1 aliphatic heterocycles. The molecule has 0 bridgehead atoms. The molecule has 4 amide bonds. The van der Waals surface area contributed by atoms with Crippen LogP contribution in [0.1, 0.15) is 29.8 Å². The molecular weight excluding hydrogens is 501 g/mol. The van der Waals surface area contributed by atoms with Crippen molar-refractivity contribution in [1.82, 2.24) is 15.3 Å². The van der Waals surface area contributed by atoms with Crippen molar-refractivity contribution in [3.63, 3.8) is 0 Å². The van der Waals surface area contributed by atoms with Gasteiger partial charge in [-0.1, -0.05) is 23.7 Å². The van der Waals surface area contributed by atoms with E-state index in [9.17, 15) is 22.8 Å². The minimum atomic E-state index is -4.65. The van der Waals surface area contributed by atoms with Crippen LogP contribution in [0.15, 0.2) is 59.0 Å². The van der Waals surface area contributed by atoms with Gasteiger partial charge in [0.2, 0.25) is 0 Å². The molecule has 1 unspecified atom stereocenters. The Morgan fingerprint density at radius 3 is 2.36 bits per heavy atom. The number of urea groups is 2. The van der Waals surface area contributed by atoms with Crippen LogP contribution in [0.25, 0.3) is 0 Å². The molecule has 14 heteroatoms. The van der Waals surface area contributed by atoms with E-state index in [-0.39, 0.29) is 11.5 Å². The molecule has 1 atom stereocenters. The molecule has 0 saturated carbocycles. The number of nitrogens with one attached hydrogen (secondary N) is 4. The first kappa shape index (κ1) is 24.9. The molecule has 4 rings (SSSR count). The minimum Gasteiger partial charge on any atom is -0.338 e. The summed E-state index contributed by atoms with van der Waals surface area (Å²) < 4.78 is 39.1. The lowest BCUT2D eigenvalue weighted by atomic mass is 10.0. The lowest BCUT2D eigenvalue weighted by Gasteiger charge is -2.13. The van der Waals surface area contributed by atoms with E-state index in [4.69, 9.17) is 11.6 Å². The predicted octanol–water partition coefficient (Wildman–Crippen LogP) is 6.12. The highest BCUT2D eigenvalue weighted by atomic mass is 35.5. The quantitative estimate of drug-likeness (QED) is 0.324. The van der Waals surface area contributed by atoms with E-state index in [0.717, 1.165) is 12.1 Å². The van der Waals surface area contributed by atoms with Crippen LogP contribution in [0.5, 0.6) is 0 Å². The Morgan fingerprint density at radius 1 is 0.972 bits per heavy atom. The largest absolute Gasteiger partial charge is 0.417 e. The van der Waals surface area contributed by atoms with Crippen LogP contribution in [-0.4, -0.2) is 28.6 Å². The molecule has 36 heavy (non-hydrogen) atoms. The van der Waals surface area contributed by atoms with Crippen molar-refractivity contribution in [2.45, 2.75) is 19.1 Å². The van der Waals surface area contributed by atoms with E-state index < -0.39 is 34.9 Å². The Bertz CT molecular complexity index is 1330. The van der Waals surface area contributed by atoms with Crippen molar-refractivity contribution in [3.05, 3.63) is 70.6 Å². The van der Waals surface area contributed by atoms with Gasteiger partial charge in [-0.2, -0.15) is 18.3 Å². The normalized spacial score (nSPS) is 14.2. The van der Waals surface area contributed by atoms with Crippen molar-refractivity contribution < 1.29 is 22.8 Å². The predicted molar refractivity (Wildman–Crippen MR) is 127 cm³/mol. The number of carbonyl (C=O) groups is 2. The van der Waals surface area contributed by atoms with E-state index in [0.29, 0.717) is 29.2 Å². The van der Waals surface area contributed by atoms with Gasteiger partial charge in [0, 0.05) is 17.9 Å². The first-order chi connectivity index (χ1) is 17.2. The summed E-state index contributed by atoms with van der Waals surface area (Å²) in [5.41, 5.74) is 0.817. The van der Waals surface area contributed by atoms with Gasteiger partial charge in [-0.15, -0.1) is 5.11 Å². The molecule has 0 aliphatic carbocycles. The molecule has 3 aromatic rings. The van der Waals surface area contributed by atoms with Gasteiger partial charge < -0.3 is 16.0 Å².